The summed E-state index contributed by atoms with van der Waals surface area (Å²) in [5.41, 5.74) is 1.71. The molecule has 282 valence electrons. The van der Waals surface area contributed by atoms with Crippen molar-refractivity contribution in [2.24, 2.45) is 0 Å². The molecule has 2 amide bonds. The first-order chi connectivity index (χ1) is 27.7. The van der Waals surface area contributed by atoms with Crippen molar-refractivity contribution in [2.75, 3.05) is 19.1 Å². The number of hydrogen-bond acceptors (Lipinski definition) is 10. The van der Waals surface area contributed by atoms with E-state index in [1.165, 1.54) is 56.7 Å². The quantitative estimate of drug-likeness (QED) is 0.0645. The number of Topliss-reactive ketones (excluding diaryl/α,β-unsaturated/α-hetero) is 2. The molecule has 0 aromatic heterocycles. The molecule has 0 fully saturated rings. The van der Waals surface area contributed by atoms with Gasteiger partial charge in [-0.1, -0.05) is 60.7 Å². The van der Waals surface area contributed by atoms with Crippen molar-refractivity contribution in [2.45, 2.75) is 12.2 Å². The lowest BCUT2D eigenvalue weighted by atomic mass is 9.99. The largest absolute Gasteiger partial charge is 0.497 e. The highest BCUT2D eigenvalue weighted by Crippen LogP contribution is 2.32. The minimum atomic E-state index is -1.30. The van der Waals surface area contributed by atoms with E-state index in [1.54, 1.807) is 109 Å². The van der Waals surface area contributed by atoms with Gasteiger partial charge in [0.15, 0.2) is 12.2 Å². The summed E-state index contributed by atoms with van der Waals surface area (Å²) in [4.78, 5) is 82.3. The molecule has 0 bridgehead atoms. The Morgan fingerprint density at radius 3 is 1.32 bits per heavy atom. The van der Waals surface area contributed by atoms with Crippen molar-refractivity contribution in [3.8, 4) is 11.5 Å². The standard InChI is InChI=1S/C46H33NO10/c1-54-35-22-15-28(16-23-35)39(48)41(30-9-5-3-6-10-30)56-45(52)32-13-20-34(21-14-32)47-43(50)37-26-19-33(27-38(37)44(47)51)46(53)57-42(31-11-7-4-8-12-31)40(49)29-17-24-36(55-2)25-18-29/h3-27,41-42H,1-2H3/t41-,42+/m0/s1. The molecule has 1 aliphatic rings. The number of carbonyl (C=O) groups is 6. The molecule has 0 N–H and O–H groups in total. The van der Waals surface area contributed by atoms with Crippen LogP contribution in [-0.4, -0.2) is 49.5 Å². The lowest BCUT2D eigenvalue weighted by Crippen LogP contribution is -2.29. The fourth-order valence-electron chi connectivity index (χ4n) is 6.31. The van der Waals surface area contributed by atoms with Gasteiger partial charge in [-0.05, 0) is 91.0 Å². The zero-order valence-electron chi connectivity index (χ0n) is 30.6. The van der Waals surface area contributed by atoms with Crippen LogP contribution in [0.1, 0.15) is 85.5 Å². The maximum absolute atomic E-state index is 13.7. The maximum atomic E-state index is 13.7. The second-order valence-corrected chi connectivity index (χ2v) is 12.8. The smallest absolute Gasteiger partial charge is 0.339 e. The number of fused-ring (bicyclic) bond motifs is 1. The number of ketones is 2. The molecule has 11 heteroatoms. The van der Waals surface area contributed by atoms with Crippen LogP contribution in [0, 0.1) is 0 Å². The van der Waals surface area contributed by atoms with Crippen LogP contribution in [-0.2, 0) is 9.47 Å². The molecule has 57 heavy (non-hydrogen) atoms. The zero-order valence-corrected chi connectivity index (χ0v) is 30.6. The Bertz CT molecular complexity index is 2480. The van der Waals surface area contributed by atoms with Crippen LogP contribution in [0.5, 0.6) is 11.5 Å². The topological polar surface area (TPSA) is 143 Å². The van der Waals surface area contributed by atoms with Crippen LogP contribution in [0.25, 0.3) is 0 Å². The van der Waals surface area contributed by atoms with Gasteiger partial charge in [-0.15, -0.1) is 0 Å². The van der Waals surface area contributed by atoms with Crippen molar-refractivity contribution >= 4 is 41.0 Å². The van der Waals surface area contributed by atoms with E-state index in [-0.39, 0.29) is 27.9 Å². The number of benzene rings is 6. The van der Waals surface area contributed by atoms with Crippen LogP contribution in [0.3, 0.4) is 0 Å². The number of nitrogens with zero attached hydrogens (tertiary/aromatic N) is 1. The van der Waals surface area contributed by atoms with Crippen molar-refractivity contribution in [1.82, 2.24) is 0 Å². The molecule has 11 nitrogen and oxygen atoms in total. The highest BCUT2D eigenvalue weighted by molar-refractivity contribution is 6.34. The molecule has 0 radical (unpaired) electrons. The summed E-state index contributed by atoms with van der Waals surface area (Å²) < 4.78 is 21.9. The van der Waals surface area contributed by atoms with E-state index in [1.807, 2.05) is 0 Å². The second-order valence-electron chi connectivity index (χ2n) is 12.8. The van der Waals surface area contributed by atoms with Gasteiger partial charge in [-0.2, -0.15) is 0 Å². The Labute approximate surface area is 327 Å². The van der Waals surface area contributed by atoms with Gasteiger partial charge in [0.1, 0.15) is 11.5 Å². The molecule has 0 spiro atoms. The van der Waals surface area contributed by atoms with E-state index < -0.39 is 47.5 Å². The van der Waals surface area contributed by atoms with Crippen LogP contribution >= 0.6 is 0 Å². The Balaban J connectivity index is 1.08. The third kappa shape index (κ3) is 7.80. The minimum Gasteiger partial charge on any atom is -0.497 e. The van der Waals surface area contributed by atoms with Crippen LogP contribution in [0.15, 0.2) is 152 Å². The van der Waals surface area contributed by atoms with Gasteiger partial charge in [-0.25, -0.2) is 14.5 Å². The number of esters is 2. The van der Waals surface area contributed by atoms with E-state index in [4.69, 9.17) is 18.9 Å². The molecule has 6 aromatic carbocycles. The lowest BCUT2D eigenvalue weighted by Gasteiger charge is -2.18. The summed E-state index contributed by atoms with van der Waals surface area (Å²) in [6.07, 6.45) is -2.56. The number of anilines is 1. The lowest BCUT2D eigenvalue weighted by molar-refractivity contribution is 0.0278. The maximum Gasteiger partial charge on any atom is 0.339 e. The molecule has 0 aliphatic carbocycles. The van der Waals surface area contributed by atoms with Gasteiger partial charge in [0.2, 0.25) is 11.6 Å². The van der Waals surface area contributed by atoms with E-state index in [2.05, 4.69) is 0 Å². The van der Waals surface area contributed by atoms with Gasteiger partial charge in [0, 0.05) is 22.3 Å². The van der Waals surface area contributed by atoms with E-state index in [0.29, 0.717) is 33.8 Å². The molecular weight excluding hydrogens is 727 g/mol. The second kappa shape index (κ2) is 16.4. The number of methoxy groups -OCH3 is 2. The third-order valence-corrected chi connectivity index (χ3v) is 9.36. The first-order valence-corrected chi connectivity index (χ1v) is 17.7. The summed E-state index contributed by atoms with van der Waals surface area (Å²) in [6, 6.07) is 39.5. The Hall–Kier alpha value is -7.66. The van der Waals surface area contributed by atoms with E-state index in [0.717, 1.165) is 4.90 Å². The number of imide groups is 1. The van der Waals surface area contributed by atoms with E-state index in [9.17, 15) is 28.8 Å². The van der Waals surface area contributed by atoms with Crippen molar-refractivity contribution < 1.29 is 47.7 Å². The van der Waals surface area contributed by atoms with Gasteiger partial charge in [0.25, 0.3) is 11.8 Å². The molecule has 0 saturated heterocycles. The number of carbonyl (C=O) groups excluding carboxylic acids is 6. The number of rotatable bonds is 13. The zero-order chi connectivity index (χ0) is 40.1. The summed E-state index contributed by atoms with van der Waals surface area (Å²) in [6.45, 7) is 0. The molecule has 0 saturated carbocycles. The Morgan fingerprint density at radius 1 is 0.456 bits per heavy atom. The first-order valence-electron chi connectivity index (χ1n) is 17.7. The molecular formula is C46H33NO10. The number of amides is 2. The number of ether oxygens (including phenoxy) is 4. The van der Waals surface area contributed by atoms with Crippen LogP contribution in [0.4, 0.5) is 5.69 Å². The summed E-state index contributed by atoms with van der Waals surface area (Å²) in [7, 11) is 3.02. The van der Waals surface area contributed by atoms with Crippen LogP contribution in [0.2, 0.25) is 0 Å². The molecule has 1 heterocycles. The third-order valence-electron chi connectivity index (χ3n) is 9.36. The summed E-state index contributed by atoms with van der Waals surface area (Å²) in [5.74, 6) is -2.83. The highest BCUT2D eigenvalue weighted by atomic mass is 16.6. The van der Waals surface area contributed by atoms with Gasteiger partial charge < -0.3 is 18.9 Å². The highest BCUT2D eigenvalue weighted by Gasteiger charge is 2.38. The fourth-order valence-corrected chi connectivity index (χ4v) is 6.31. The van der Waals surface area contributed by atoms with Gasteiger partial charge in [-0.3, -0.25) is 19.2 Å². The Kier molecular flexibility index (Phi) is 10.8. The fraction of sp³-hybridized carbons (Fsp3) is 0.0870. The monoisotopic (exact) mass is 759 g/mol. The van der Waals surface area contributed by atoms with Gasteiger partial charge in [0.05, 0.1) is 42.2 Å². The Morgan fingerprint density at radius 2 is 0.860 bits per heavy atom. The molecule has 1 aliphatic heterocycles. The first kappa shape index (κ1) is 37.6. The van der Waals surface area contributed by atoms with Crippen LogP contribution < -0.4 is 14.4 Å². The minimum absolute atomic E-state index is 0.0431. The molecule has 7 rings (SSSR count). The summed E-state index contributed by atoms with van der Waals surface area (Å²) in [5, 5.41) is 0. The predicted octanol–water partition coefficient (Wildman–Crippen LogP) is 8.07. The van der Waals surface area contributed by atoms with Crippen molar-refractivity contribution in [3.05, 3.63) is 196 Å². The molecule has 2 atom stereocenters. The average Bonchev–Trinajstić information content (AvgIpc) is 3.52. The number of hydrogen-bond donors (Lipinski definition) is 0. The molecule has 0 unspecified atom stereocenters. The predicted molar refractivity (Wildman–Crippen MR) is 208 cm³/mol. The van der Waals surface area contributed by atoms with E-state index >= 15 is 0 Å². The van der Waals surface area contributed by atoms with Crippen molar-refractivity contribution in [3.63, 3.8) is 0 Å². The molecule has 6 aromatic rings. The SMILES string of the molecule is COc1ccc(C(=O)[C@@H](OC(=O)c2ccc(N3C(=O)c4ccc(C(=O)O[C@@H](C(=O)c5ccc(OC)cc5)c5ccccc5)cc4C3=O)cc2)c2ccccc2)cc1. The normalized spacial score (nSPS) is 12.9. The summed E-state index contributed by atoms with van der Waals surface area (Å²) >= 11 is 0. The average molecular weight is 760 g/mol. The van der Waals surface area contributed by atoms with Crippen molar-refractivity contribution in [1.29, 1.82) is 0 Å². The van der Waals surface area contributed by atoms with Gasteiger partial charge >= 0.3 is 11.9 Å².